The van der Waals surface area contributed by atoms with Crippen LogP contribution in [-0.4, -0.2) is 33.1 Å². The first kappa shape index (κ1) is 9.87. The maximum atomic E-state index is 9.74. The van der Waals surface area contributed by atoms with Crippen molar-refractivity contribution < 1.29 is 5.11 Å². The highest BCUT2D eigenvalue weighted by Gasteiger charge is 2.25. The van der Waals surface area contributed by atoms with E-state index in [1.807, 2.05) is 11.8 Å². The molecule has 2 nitrogen and oxygen atoms in total. The molecule has 0 amide bonds. The summed E-state index contributed by atoms with van der Waals surface area (Å²) in [7, 11) is 0. The van der Waals surface area contributed by atoms with Crippen molar-refractivity contribution in [3.05, 3.63) is 0 Å². The average molecular weight is 217 g/mol. The lowest BCUT2D eigenvalue weighted by atomic mass is 9.97. The van der Waals surface area contributed by atoms with Gasteiger partial charge < -0.3 is 5.11 Å². The van der Waals surface area contributed by atoms with Crippen molar-refractivity contribution in [1.29, 1.82) is 0 Å². The predicted octanol–water partition coefficient (Wildman–Crippen LogP) is 2.13. The van der Waals surface area contributed by atoms with Gasteiger partial charge in [0.2, 0.25) is 0 Å². The molecule has 0 bridgehead atoms. The second-order valence-electron chi connectivity index (χ2n) is 3.50. The van der Waals surface area contributed by atoms with Crippen molar-refractivity contribution in [3.8, 4) is 0 Å². The van der Waals surface area contributed by atoms with E-state index in [-0.39, 0.29) is 6.10 Å². The average Bonchev–Trinajstić information content (AvgIpc) is 2.61. The first-order valence-corrected chi connectivity index (χ1v) is 6.75. The topological polar surface area (TPSA) is 32.6 Å². The van der Waals surface area contributed by atoms with Crippen LogP contribution < -0.4 is 0 Å². The van der Waals surface area contributed by atoms with Crippen molar-refractivity contribution >= 4 is 27.9 Å². The van der Waals surface area contributed by atoms with Crippen LogP contribution in [0.3, 0.4) is 0 Å². The van der Waals surface area contributed by atoms with E-state index in [1.165, 1.54) is 17.2 Å². The number of rotatable bonds is 1. The Hall–Kier alpha value is 0.330. The maximum Gasteiger partial charge on any atom is 0.125 e. The van der Waals surface area contributed by atoms with Crippen LogP contribution in [0, 0.1) is 0 Å². The number of nitrogens with zero attached hydrogens (tertiary/aromatic N) is 1. The van der Waals surface area contributed by atoms with Crippen LogP contribution in [0.5, 0.6) is 0 Å². The third kappa shape index (κ3) is 2.64. The van der Waals surface area contributed by atoms with Crippen LogP contribution in [0.25, 0.3) is 0 Å². The zero-order chi connectivity index (χ0) is 9.10. The number of aliphatic hydroxyl groups excluding tert-OH is 1. The lowest BCUT2D eigenvalue weighted by Crippen LogP contribution is -2.27. The van der Waals surface area contributed by atoms with Crippen molar-refractivity contribution in [2.75, 3.05) is 12.3 Å². The van der Waals surface area contributed by atoms with E-state index in [4.69, 9.17) is 0 Å². The van der Waals surface area contributed by atoms with Gasteiger partial charge in [0.15, 0.2) is 0 Å². The highest BCUT2D eigenvalue weighted by molar-refractivity contribution is 8.39. The summed E-state index contributed by atoms with van der Waals surface area (Å²) in [6, 6.07) is 0. The minimum absolute atomic E-state index is 0.0948. The summed E-state index contributed by atoms with van der Waals surface area (Å²) in [4.78, 5) is 4.40. The van der Waals surface area contributed by atoms with Gasteiger partial charge in [0, 0.05) is 11.0 Å². The number of hydrogen-bond acceptors (Lipinski definition) is 4. The third-order valence-electron chi connectivity index (χ3n) is 2.48. The van der Waals surface area contributed by atoms with Gasteiger partial charge in [0.25, 0.3) is 0 Å². The molecule has 2 rings (SSSR count). The second-order valence-corrected chi connectivity index (χ2v) is 6.07. The number of hydrogen-bond donors (Lipinski definition) is 1. The van der Waals surface area contributed by atoms with Crippen LogP contribution in [0.1, 0.15) is 25.7 Å². The molecule has 74 valence electrons. The van der Waals surface area contributed by atoms with Gasteiger partial charge in [-0.15, -0.1) is 0 Å². The molecule has 0 aromatic heterocycles. The highest BCUT2D eigenvalue weighted by Crippen LogP contribution is 2.34. The molecule has 1 saturated carbocycles. The summed E-state index contributed by atoms with van der Waals surface area (Å²) in [5.41, 5.74) is 0. The van der Waals surface area contributed by atoms with Crippen molar-refractivity contribution in [1.82, 2.24) is 0 Å². The Balaban J connectivity index is 1.85. The van der Waals surface area contributed by atoms with E-state index < -0.39 is 0 Å². The van der Waals surface area contributed by atoms with Crippen molar-refractivity contribution in [2.24, 2.45) is 4.99 Å². The molecule has 0 aromatic rings. The smallest absolute Gasteiger partial charge is 0.125 e. The molecular weight excluding hydrogens is 202 g/mol. The lowest BCUT2D eigenvalue weighted by Gasteiger charge is -2.26. The zero-order valence-corrected chi connectivity index (χ0v) is 9.24. The van der Waals surface area contributed by atoms with Crippen LogP contribution in [0.15, 0.2) is 4.99 Å². The molecule has 1 heterocycles. The molecule has 4 heteroatoms. The normalized spacial score (nSPS) is 34.7. The van der Waals surface area contributed by atoms with E-state index in [2.05, 4.69) is 4.99 Å². The van der Waals surface area contributed by atoms with Crippen LogP contribution in [0.2, 0.25) is 0 Å². The van der Waals surface area contributed by atoms with Gasteiger partial charge in [0.1, 0.15) is 4.38 Å². The predicted molar refractivity (Wildman–Crippen MR) is 60.6 cm³/mol. The molecule has 2 unspecified atom stereocenters. The number of aliphatic imine (C=N–C) groups is 1. The molecule has 0 spiro atoms. The van der Waals surface area contributed by atoms with Gasteiger partial charge in [0.05, 0.1) is 12.6 Å². The standard InChI is InChI=1S/C9H15NOS2/c11-7-3-1-2-4-8(7)13-9-10-5-6-12-9/h7-8,11H,1-6H2. The Morgan fingerprint density at radius 2 is 2.23 bits per heavy atom. The number of aliphatic hydroxyl groups is 1. The molecule has 13 heavy (non-hydrogen) atoms. The second kappa shape index (κ2) is 4.71. The highest BCUT2D eigenvalue weighted by atomic mass is 32.2. The molecule has 1 aliphatic heterocycles. The minimum atomic E-state index is -0.0948. The van der Waals surface area contributed by atoms with Gasteiger partial charge >= 0.3 is 0 Å². The molecule has 1 N–H and O–H groups in total. The largest absolute Gasteiger partial charge is 0.392 e. The Morgan fingerprint density at radius 1 is 1.38 bits per heavy atom. The molecule has 2 aliphatic rings. The fourth-order valence-corrected chi connectivity index (χ4v) is 4.17. The first-order chi connectivity index (χ1) is 6.36. The van der Waals surface area contributed by atoms with Crippen molar-refractivity contribution in [2.45, 2.75) is 37.0 Å². The summed E-state index contributed by atoms with van der Waals surface area (Å²) in [6.45, 7) is 0.968. The molecule has 0 aromatic carbocycles. The fraction of sp³-hybridized carbons (Fsp3) is 0.889. The zero-order valence-electron chi connectivity index (χ0n) is 7.61. The maximum absolute atomic E-state index is 9.74. The molecule has 0 radical (unpaired) electrons. The molecule has 0 saturated heterocycles. The Morgan fingerprint density at radius 3 is 2.92 bits per heavy atom. The third-order valence-corrected chi connectivity index (χ3v) is 5.07. The summed E-state index contributed by atoms with van der Waals surface area (Å²) < 4.78 is 1.20. The van der Waals surface area contributed by atoms with Gasteiger partial charge in [-0.2, -0.15) is 0 Å². The molecular formula is C9H15NOS2. The van der Waals surface area contributed by atoms with E-state index in [0.29, 0.717) is 5.25 Å². The summed E-state index contributed by atoms with van der Waals surface area (Å²) >= 11 is 3.64. The first-order valence-electron chi connectivity index (χ1n) is 4.88. The van der Waals surface area contributed by atoms with Crippen molar-refractivity contribution in [3.63, 3.8) is 0 Å². The number of thioether (sulfide) groups is 2. The van der Waals surface area contributed by atoms with Gasteiger partial charge in [-0.25, -0.2) is 0 Å². The molecule has 1 fully saturated rings. The van der Waals surface area contributed by atoms with E-state index in [9.17, 15) is 5.11 Å². The molecule has 1 aliphatic carbocycles. The van der Waals surface area contributed by atoms with E-state index in [0.717, 1.165) is 25.1 Å². The minimum Gasteiger partial charge on any atom is -0.392 e. The summed E-state index contributed by atoms with van der Waals surface area (Å²) in [5.74, 6) is 1.13. The monoisotopic (exact) mass is 217 g/mol. The Bertz CT molecular complexity index is 208. The fourth-order valence-electron chi connectivity index (χ4n) is 1.73. The van der Waals surface area contributed by atoms with Gasteiger partial charge in [-0.1, -0.05) is 36.4 Å². The Kier molecular flexibility index (Phi) is 3.58. The Labute approximate surface area is 87.6 Å². The van der Waals surface area contributed by atoms with Gasteiger partial charge in [-0.3, -0.25) is 4.99 Å². The van der Waals surface area contributed by atoms with E-state index >= 15 is 0 Å². The van der Waals surface area contributed by atoms with Crippen LogP contribution >= 0.6 is 23.5 Å². The summed E-state index contributed by atoms with van der Waals surface area (Å²) in [5, 5.41) is 10.2. The van der Waals surface area contributed by atoms with Crippen LogP contribution in [0.4, 0.5) is 0 Å². The van der Waals surface area contributed by atoms with Gasteiger partial charge in [-0.05, 0) is 12.8 Å². The molecule has 2 atom stereocenters. The van der Waals surface area contributed by atoms with Crippen LogP contribution in [-0.2, 0) is 0 Å². The lowest BCUT2D eigenvalue weighted by molar-refractivity contribution is 0.137. The SMILES string of the molecule is OC1CCCCC1SC1=NCCS1. The quantitative estimate of drug-likeness (QED) is 0.730. The summed E-state index contributed by atoms with van der Waals surface area (Å²) in [6.07, 6.45) is 4.51. The van der Waals surface area contributed by atoms with E-state index in [1.54, 1.807) is 11.8 Å².